The van der Waals surface area contributed by atoms with Crippen LogP contribution in [0.25, 0.3) is 0 Å². The number of carboxylic acids is 1. The molecule has 1 aromatic carbocycles. The minimum atomic E-state index is -3.24. The Labute approximate surface area is 125 Å². The van der Waals surface area contributed by atoms with Crippen molar-refractivity contribution in [3.05, 3.63) is 23.8 Å². The van der Waals surface area contributed by atoms with Gasteiger partial charge in [-0.2, -0.15) is 0 Å². The van der Waals surface area contributed by atoms with E-state index in [1.165, 1.54) is 6.26 Å². The largest absolute Gasteiger partial charge is 0.481 e. The lowest BCUT2D eigenvalue weighted by Gasteiger charge is -2.23. The molecular formula is C14H22N2O4S. The van der Waals surface area contributed by atoms with Gasteiger partial charge in [-0.05, 0) is 49.5 Å². The Kier molecular flexibility index (Phi) is 6.17. The minimum absolute atomic E-state index is 0.258. The van der Waals surface area contributed by atoms with Crippen molar-refractivity contribution in [2.24, 2.45) is 0 Å². The van der Waals surface area contributed by atoms with Crippen molar-refractivity contribution in [2.75, 3.05) is 25.1 Å². The average molecular weight is 314 g/mol. The first-order valence-corrected chi connectivity index (χ1v) is 8.60. The summed E-state index contributed by atoms with van der Waals surface area (Å²) >= 11 is 0. The number of carbonyl (C=O) groups is 1. The average Bonchev–Trinajstić information content (AvgIpc) is 2.38. The number of nitrogens with two attached hydrogens (primary N) is 1. The van der Waals surface area contributed by atoms with Gasteiger partial charge in [0.2, 0.25) is 0 Å². The highest BCUT2D eigenvalue weighted by molar-refractivity contribution is 7.90. The summed E-state index contributed by atoms with van der Waals surface area (Å²) < 4.78 is 23.2. The van der Waals surface area contributed by atoms with Gasteiger partial charge >= 0.3 is 0 Å². The Morgan fingerprint density at radius 2 is 1.86 bits per heavy atom. The van der Waals surface area contributed by atoms with Gasteiger partial charge in [0.25, 0.3) is 5.97 Å². The number of benzene rings is 1. The van der Waals surface area contributed by atoms with E-state index < -0.39 is 15.8 Å². The number of rotatable bonds is 2. The van der Waals surface area contributed by atoms with Crippen molar-refractivity contribution in [2.45, 2.75) is 30.6 Å². The third kappa shape index (κ3) is 5.73. The smallest absolute Gasteiger partial charge is 0.300 e. The Morgan fingerprint density at radius 1 is 1.33 bits per heavy atom. The van der Waals surface area contributed by atoms with Gasteiger partial charge in [0.15, 0.2) is 9.84 Å². The third-order valence-electron chi connectivity index (χ3n) is 3.25. The molecule has 0 radical (unpaired) electrons. The lowest BCUT2D eigenvalue weighted by Crippen LogP contribution is -2.26. The van der Waals surface area contributed by atoms with Crippen LogP contribution in [0, 0.1) is 0 Å². The van der Waals surface area contributed by atoms with E-state index in [4.69, 9.17) is 15.6 Å². The number of carboxylic acid groups (broad SMARTS) is 1. The predicted molar refractivity (Wildman–Crippen MR) is 82.1 cm³/mol. The van der Waals surface area contributed by atoms with Crippen LogP contribution in [-0.4, -0.2) is 38.8 Å². The third-order valence-corrected chi connectivity index (χ3v) is 4.40. The van der Waals surface area contributed by atoms with Gasteiger partial charge < -0.3 is 16.2 Å². The molecule has 0 aromatic heterocycles. The molecule has 0 unspecified atom stereocenters. The first kappa shape index (κ1) is 17.5. The number of hydrogen-bond acceptors (Lipinski definition) is 5. The second kappa shape index (κ2) is 7.42. The van der Waals surface area contributed by atoms with Gasteiger partial charge in [-0.25, -0.2) is 8.42 Å². The van der Waals surface area contributed by atoms with Crippen molar-refractivity contribution < 1.29 is 18.3 Å². The van der Waals surface area contributed by atoms with Gasteiger partial charge in [-0.1, -0.05) is 6.07 Å². The van der Waals surface area contributed by atoms with Crippen LogP contribution in [0.3, 0.4) is 0 Å². The van der Waals surface area contributed by atoms with Crippen molar-refractivity contribution >= 4 is 21.5 Å². The Balaban J connectivity index is 0.000000491. The van der Waals surface area contributed by atoms with E-state index in [1.807, 2.05) is 6.07 Å². The van der Waals surface area contributed by atoms with E-state index in [0.717, 1.165) is 38.4 Å². The molecule has 1 aliphatic rings. The number of nitrogen functional groups attached to an aromatic ring is 1. The standard InChI is InChI=1S/C12H18N2O2S.C2H4O2/c1-17(15,16)12-8-10(2-3-11(12)13)9-4-6-14-7-5-9;1-2(3)4/h2-3,8-9,14H,4-7,13H2,1H3;1H3,(H,3,4). The number of hydrogen-bond donors (Lipinski definition) is 3. The maximum Gasteiger partial charge on any atom is 0.300 e. The molecule has 0 atom stereocenters. The van der Waals surface area contributed by atoms with Gasteiger partial charge in [0.1, 0.15) is 0 Å². The van der Waals surface area contributed by atoms with Crippen LogP contribution >= 0.6 is 0 Å². The quantitative estimate of drug-likeness (QED) is 0.708. The van der Waals surface area contributed by atoms with Gasteiger partial charge in [-0.3, -0.25) is 4.79 Å². The molecule has 2 rings (SSSR count). The summed E-state index contributed by atoms with van der Waals surface area (Å²) in [6.45, 7) is 3.06. The van der Waals surface area contributed by atoms with Crippen molar-refractivity contribution in [3.8, 4) is 0 Å². The van der Waals surface area contributed by atoms with E-state index in [-0.39, 0.29) is 4.90 Å². The molecule has 21 heavy (non-hydrogen) atoms. The Bertz CT molecular complexity index is 589. The van der Waals surface area contributed by atoms with Gasteiger partial charge in [-0.15, -0.1) is 0 Å². The molecule has 7 heteroatoms. The molecule has 0 bridgehead atoms. The fourth-order valence-corrected chi connectivity index (χ4v) is 3.13. The molecule has 4 N–H and O–H groups in total. The summed E-state index contributed by atoms with van der Waals surface area (Å²) in [7, 11) is -3.24. The van der Waals surface area contributed by atoms with E-state index in [0.29, 0.717) is 11.6 Å². The van der Waals surface area contributed by atoms with E-state index in [2.05, 4.69) is 5.32 Å². The number of sulfone groups is 1. The van der Waals surface area contributed by atoms with Crippen LogP contribution in [0.1, 0.15) is 31.2 Å². The maximum atomic E-state index is 11.6. The molecule has 0 saturated carbocycles. The first-order valence-electron chi connectivity index (χ1n) is 6.71. The lowest BCUT2D eigenvalue weighted by atomic mass is 9.90. The molecule has 1 fully saturated rings. The topological polar surface area (TPSA) is 109 Å². The number of piperidine rings is 1. The molecule has 1 heterocycles. The molecule has 6 nitrogen and oxygen atoms in total. The molecular weight excluding hydrogens is 292 g/mol. The fraction of sp³-hybridized carbons (Fsp3) is 0.500. The SMILES string of the molecule is CC(=O)O.CS(=O)(=O)c1cc(C2CCNCC2)ccc1N. The number of aliphatic carboxylic acids is 1. The normalized spacial score (nSPS) is 15.9. The zero-order valence-corrected chi connectivity index (χ0v) is 13.1. The van der Waals surface area contributed by atoms with Crippen LogP contribution < -0.4 is 11.1 Å². The molecule has 118 valence electrons. The van der Waals surface area contributed by atoms with Crippen molar-refractivity contribution in [3.63, 3.8) is 0 Å². The van der Waals surface area contributed by atoms with Crippen LogP contribution in [0.15, 0.2) is 23.1 Å². The molecule has 0 spiro atoms. The highest BCUT2D eigenvalue weighted by Crippen LogP contribution is 2.29. The fourth-order valence-electron chi connectivity index (χ4n) is 2.28. The Morgan fingerprint density at radius 3 is 2.33 bits per heavy atom. The van der Waals surface area contributed by atoms with Crippen LogP contribution in [0.2, 0.25) is 0 Å². The lowest BCUT2D eigenvalue weighted by molar-refractivity contribution is -0.134. The summed E-state index contributed by atoms with van der Waals surface area (Å²) in [5, 5.41) is 10.7. The second-order valence-corrected chi connectivity index (χ2v) is 7.10. The van der Waals surface area contributed by atoms with E-state index in [9.17, 15) is 8.42 Å². The predicted octanol–water partition coefficient (Wildman–Crippen LogP) is 1.23. The molecule has 0 amide bonds. The zero-order chi connectivity index (χ0) is 16.0. The first-order chi connectivity index (χ1) is 9.71. The number of anilines is 1. The van der Waals surface area contributed by atoms with E-state index >= 15 is 0 Å². The summed E-state index contributed by atoms with van der Waals surface area (Å²) in [6, 6.07) is 5.38. The van der Waals surface area contributed by atoms with Crippen LogP contribution in [0.5, 0.6) is 0 Å². The highest BCUT2D eigenvalue weighted by Gasteiger charge is 2.18. The monoisotopic (exact) mass is 314 g/mol. The second-order valence-electron chi connectivity index (χ2n) is 5.11. The molecule has 1 aromatic rings. The van der Waals surface area contributed by atoms with Gasteiger partial charge in [0, 0.05) is 13.2 Å². The summed E-state index contributed by atoms with van der Waals surface area (Å²) in [6.07, 6.45) is 3.30. The van der Waals surface area contributed by atoms with Crippen molar-refractivity contribution in [1.29, 1.82) is 0 Å². The molecule has 1 aliphatic heterocycles. The van der Waals surface area contributed by atoms with Crippen LogP contribution in [-0.2, 0) is 14.6 Å². The maximum absolute atomic E-state index is 11.6. The number of nitrogens with one attached hydrogen (secondary N) is 1. The Hall–Kier alpha value is -1.60. The van der Waals surface area contributed by atoms with Gasteiger partial charge in [0.05, 0.1) is 10.6 Å². The summed E-state index contributed by atoms with van der Waals surface area (Å²) in [4.78, 5) is 9.26. The minimum Gasteiger partial charge on any atom is -0.481 e. The van der Waals surface area contributed by atoms with Crippen molar-refractivity contribution in [1.82, 2.24) is 5.32 Å². The summed E-state index contributed by atoms with van der Waals surface area (Å²) in [5.74, 6) is -0.391. The highest BCUT2D eigenvalue weighted by atomic mass is 32.2. The molecule has 1 saturated heterocycles. The van der Waals surface area contributed by atoms with Crippen LogP contribution in [0.4, 0.5) is 5.69 Å². The molecule has 0 aliphatic carbocycles. The zero-order valence-electron chi connectivity index (χ0n) is 12.3. The van der Waals surface area contributed by atoms with E-state index in [1.54, 1.807) is 12.1 Å². The summed E-state index contributed by atoms with van der Waals surface area (Å²) in [5.41, 5.74) is 7.14.